The molecule has 0 saturated heterocycles. The summed E-state index contributed by atoms with van der Waals surface area (Å²) in [5.74, 6) is -1.73. The third kappa shape index (κ3) is 2.88. The third-order valence-corrected chi connectivity index (χ3v) is 3.47. The van der Waals surface area contributed by atoms with Crippen molar-refractivity contribution in [2.75, 3.05) is 0 Å². The van der Waals surface area contributed by atoms with Crippen molar-refractivity contribution < 1.29 is 23.4 Å². The highest BCUT2D eigenvalue weighted by Crippen LogP contribution is 2.36. The Morgan fingerprint density at radius 2 is 2.00 bits per heavy atom. The maximum absolute atomic E-state index is 12.0. The Morgan fingerprint density at radius 3 is 2.47 bits per heavy atom. The summed E-state index contributed by atoms with van der Waals surface area (Å²) in [5.41, 5.74) is -0.328. The topological polar surface area (TPSA) is 46.5 Å². The Bertz CT molecular complexity index is 396. The maximum Gasteiger partial charge on any atom is 0.387 e. The molecule has 1 aromatic rings. The van der Waals surface area contributed by atoms with E-state index in [1.54, 1.807) is 0 Å². The van der Waals surface area contributed by atoms with E-state index >= 15 is 0 Å². The molecule has 0 spiro atoms. The van der Waals surface area contributed by atoms with Crippen LogP contribution < -0.4 is 4.74 Å². The zero-order chi connectivity index (χ0) is 11.6. The number of aromatic carboxylic acids is 1. The van der Waals surface area contributed by atoms with Crippen molar-refractivity contribution in [3.63, 3.8) is 0 Å². The Morgan fingerprint density at radius 1 is 1.40 bits per heavy atom. The predicted octanol–water partition coefficient (Wildman–Crippen LogP) is 3.51. The van der Waals surface area contributed by atoms with Gasteiger partial charge in [0, 0.05) is 4.47 Å². The summed E-state index contributed by atoms with van der Waals surface area (Å²) >= 11 is 6.01. The van der Waals surface area contributed by atoms with Gasteiger partial charge in [0.25, 0.3) is 0 Å². The predicted molar refractivity (Wildman–Crippen MR) is 55.4 cm³/mol. The fourth-order valence-electron chi connectivity index (χ4n) is 0.905. The Balaban J connectivity index is 3.28. The number of carbonyl (C=O) groups is 1. The lowest BCUT2D eigenvalue weighted by Gasteiger charge is -2.10. The van der Waals surface area contributed by atoms with E-state index in [1.807, 2.05) is 0 Å². The molecule has 0 amide bonds. The largest absolute Gasteiger partial charge is 0.478 e. The summed E-state index contributed by atoms with van der Waals surface area (Å²) < 4.78 is 28.8. The molecular weight excluding hydrogens is 342 g/mol. The zero-order valence-electron chi connectivity index (χ0n) is 7.01. The fourth-order valence-corrected chi connectivity index (χ4v) is 1.66. The van der Waals surface area contributed by atoms with E-state index in [0.29, 0.717) is 4.47 Å². The summed E-state index contributed by atoms with van der Waals surface area (Å²) in [5, 5.41) is 8.73. The molecule has 1 aromatic carbocycles. The number of benzene rings is 1. The molecule has 1 rings (SSSR count). The first-order valence-corrected chi connectivity index (χ1v) is 5.18. The van der Waals surface area contributed by atoms with Gasteiger partial charge in [-0.2, -0.15) is 8.78 Å². The maximum atomic E-state index is 12.0. The monoisotopic (exact) mass is 344 g/mol. The SMILES string of the molecule is O=C(O)c1ccc(Br)c(Br)c1OC(F)F. The van der Waals surface area contributed by atoms with Crippen LogP contribution in [0.1, 0.15) is 10.4 Å². The van der Waals surface area contributed by atoms with Crippen LogP contribution in [0.5, 0.6) is 5.75 Å². The summed E-state index contributed by atoms with van der Waals surface area (Å²) in [4.78, 5) is 10.7. The minimum Gasteiger partial charge on any atom is -0.478 e. The Labute approximate surface area is 100 Å². The lowest BCUT2D eigenvalue weighted by molar-refractivity contribution is -0.0508. The molecule has 1 N–H and O–H groups in total. The highest BCUT2D eigenvalue weighted by atomic mass is 79.9. The molecule has 0 unspecified atom stereocenters. The van der Waals surface area contributed by atoms with Crippen molar-refractivity contribution >= 4 is 37.8 Å². The van der Waals surface area contributed by atoms with Gasteiger partial charge in [-0.05, 0) is 44.0 Å². The van der Waals surface area contributed by atoms with Gasteiger partial charge in [-0.1, -0.05) is 0 Å². The van der Waals surface area contributed by atoms with E-state index in [-0.39, 0.29) is 10.0 Å². The molecule has 3 nitrogen and oxygen atoms in total. The molecule has 15 heavy (non-hydrogen) atoms. The van der Waals surface area contributed by atoms with Crippen LogP contribution >= 0.6 is 31.9 Å². The van der Waals surface area contributed by atoms with Crippen LogP contribution in [0.25, 0.3) is 0 Å². The summed E-state index contributed by atoms with van der Waals surface area (Å²) in [7, 11) is 0. The van der Waals surface area contributed by atoms with Crippen molar-refractivity contribution in [3.8, 4) is 5.75 Å². The second-order valence-corrected chi connectivity index (χ2v) is 4.07. The van der Waals surface area contributed by atoms with Gasteiger partial charge in [0.2, 0.25) is 0 Å². The number of hydrogen-bond acceptors (Lipinski definition) is 2. The van der Waals surface area contributed by atoms with E-state index in [0.717, 1.165) is 0 Å². The molecule has 0 bridgehead atoms. The van der Waals surface area contributed by atoms with Crippen LogP contribution in [0.15, 0.2) is 21.1 Å². The Kier molecular flexibility index (Phi) is 4.04. The quantitative estimate of drug-likeness (QED) is 0.911. The summed E-state index contributed by atoms with van der Waals surface area (Å²) in [6.45, 7) is -3.08. The minimum atomic E-state index is -3.08. The van der Waals surface area contributed by atoms with Gasteiger partial charge >= 0.3 is 12.6 Å². The smallest absolute Gasteiger partial charge is 0.387 e. The normalized spacial score (nSPS) is 10.5. The Hall–Kier alpha value is -0.690. The van der Waals surface area contributed by atoms with Crippen LogP contribution in [0, 0.1) is 0 Å². The molecular formula is C8H4Br2F2O3. The fraction of sp³-hybridized carbons (Fsp3) is 0.125. The number of rotatable bonds is 3. The molecule has 82 valence electrons. The van der Waals surface area contributed by atoms with Crippen molar-refractivity contribution in [2.24, 2.45) is 0 Å². The number of carboxylic acid groups (broad SMARTS) is 1. The molecule has 7 heteroatoms. The average Bonchev–Trinajstić information content (AvgIpc) is 2.12. The highest BCUT2D eigenvalue weighted by Gasteiger charge is 2.19. The van der Waals surface area contributed by atoms with E-state index in [9.17, 15) is 13.6 Å². The molecule has 0 saturated carbocycles. The number of carboxylic acids is 1. The van der Waals surface area contributed by atoms with Crippen LogP contribution in [0.2, 0.25) is 0 Å². The van der Waals surface area contributed by atoms with Gasteiger partial charge < -0.3 is 9.84 Å². The van der Waals surface area contributed by atoms with Crippen molar-refractivity contribution in [1.29, 1.82) is 0 Å². The van der Waals surface area contributed by atoms with E-state index in [4.69, 9.17) is 5.11 Å². The van der Waals surface area contributed by atoms with Crippen molar-refractivity contribution in [2.45, 2.75) is 6.61 Å². The van der Waals surface area contributed by atoms with Crippen LogP contribution in [-0.2, 0) is 0 Å². The standard InChI is InChI=1S/C8H4Br2F2O3/c9-4-2-1-3(7(13)14)6(5(4)10)15-8(11)12/h1-2,8H,(H,13,14). The molecule has 0 atom stereocenters. The molecule has 0 aliphatic heterocycles. The molecule has 0 aliphatic rings. The number of ether oxygens (including phenoxy) is 1. The van der Waals surface area contributed by atoms with Crippen LogP contribution in [0.4, 0.5) is 8.78 Å². The second-order valence-electron chi connectivity index (χ2n) is 2.42. The van der Waals surface area contributed by atoms with Gasteiger partial charge in [-0.15, -0.1) is 0 Å². The van der Waals surface area contributed by atoms with Gasteiger partial charge in [-0.25, -0.2) is 4.79 Å². The highest BCUT2D eigenvalue weighted by molar-refractivity contribution is 9.13. The van der Waals surface area contributed by atoms with E-state index in [1.165, 1.54) is 12.1 Å². The van der Waals surface area contributed by atoms with Crippen LogP contribution in [0.3, 0.4) is 0 Å². The molecule has 0 heterocycles. The number of halogens is 4. The van der Waals surface area contributed by atoms with Crippen molar-refractivity contribution in [3.05, 3.63) is 26.6 Å². The first kappa shape index (κ1) is 12.4. The second kappa shape index (κ2) is 4.89. The van der Waals surface area contributed by atoms with Crippen LogP contribution in [-0.4, -0.2) is 17.7 Å². The first-order chi connectivity index (χ1) is 6.93. The summed E-state index contributed by atoms with van der Waals surface area (Å²) in [6.07, 6.45) is 0. The molecule has 0 radical (unpaired) electrons. The number of alkyl halides is 2. The van der Waals surface area contributed by atoms with Crippen molar-refractivity contribution in [1.82, 2.24) is 0 Å². The zero-order valence-corrected chi connectivity index (χ0v) is 10.2. The van der Waals surface area contributed by atoms with Gasteiger partial charge in [0.1, 0.15) is 5.56 Å². The molecule has 0 aromatic heterocycles. The number of hydrogen-bond donors (Lipinski definition) is 1. The summed E-state index contributed by atoms with van der Waals surface area (Å²) in [6, 6.07) is 2.60. The third-order valence-electron chi connectivity index (χ3n) is 1.49. The van der Waals surface area contributed by atoms with Gasteiger partial charge in [0.05, 0.1) is 4.47 Å². The lowest BCUT2D eigenvalue weighted by atomic mass is 10.2. The molecule has 0 aliphatic carbocycles. The average molecular weight is 346 g/mol. The van der Waals surface area contributed by atoms with Gasteiger partial charge in [-0.3, -0.25) is 0 Å². The van der Waals surface area contributed by atoms with Gasteiger partial charge in [0.15, 0.2) is 5.75 Å². The van der Waals surface area contributed by atoms with E-state index < -0.39 is 18.3 Å². The molecule has 0 fully saturated rings. The minimum absolute atomic E-state index is 0.141. The first-order valence-electron chi connectivity index (χ1n) is 3.59. The van der Waals surface area contributed by atoms with E-state index in [2.05, 4.69) is 36.6 Å². The lowest BCUT2D eigenvalue weighted by Crippen LogP contribution is -2.08.